The quantitative estimate of drug-likeness (QED) is 0.523. The molecule has 3 aliphatic rings. The molecule has 4 rings (SSSR count). The lowest BCUT2D eigenvalue weighted by molar-refractivity contribution is -0.140. The molecule has 1 saturated heterocycles. The third-order valence-corrected chi connectivity index (χ3v) is 4.91. The van der Waals surface area contributed by atoms with Crippen LogP contribution >= 0.6 is 0 Å². The van der Waals surface area contributed by atoms with Crippen LogP contribution in [-0.4, -0.2) is 25.3 Å². The van der Waals surface area contributed by atoms with Crippen molar-refractivity contribution in [3.63, 3.8) is 0 Å². The largest absolute Gasteiger partial charge is 0.490 e. The molecule has 1 unspecified atom stereocenters. The number of ether oxygens (including phenoxy) is 3. The van der Waals surface area contributed by atoms with E-state index in [1.165, 1.54) is 0 Å². The summed E-state index contributed by atoms with van der Waals surface area (Å²) in [5, 5.41) is 0. The van der Waals surface area contributed by atoms with Crippen molar-refractivity contribution in [2.45, 2.75) is 18.9 Å². The average molecular weight is 350 g/mol. The first kappa shape index (κ1) is 16.7. The molecule has 3 atom stereocenters. The van der Waals surface area contributed by atoms with Gasteiger partial charge in [0.25, 0.3) is 0 Å². The van der Waals surface area contributed by atoms with E-state index < -0.39 is 0 Å². The fourth-order valence-electron chi connectivity index (χ4n) is 3.58. The highest BCUT2D eigenvalue weighted by Gasteiger charge is 2.38. The summed E-state index contributed by atoms with van der Waals surface area (Å²) in [5.74, 6) is 1.90. The molecule has 2 heterocycles. The number of fused-ring (bicyclic) bond motifs is 5. The van der Waals surface area contributed by atoms with E-state index in [-0.39, 0.29) is 23.9 Å². The van der Waals surface area contributed by atoms with Crippen molar-refractivity contribution in [3.8, 4) is 5.75 Å². The van der Waals surface area contributed by atoms with Gasteiger partial charge in [0, 0.05) is 5.92 Å². The minimum absolute atomic E-state index is 0.130. The second-order valence-electron chi connectivity index (χ2n) is 6.72. The Kier molecular flexibility index (Phi) is 4.91. The third-order valence-electron chi connectivity index (χ3n) is 4.91. The molecule has 1 aromatic carbocycles. The molecule has 0 spiro atoms. The van der Waals surface area contributed by atoms with E-state index in [0.717, 1.165) is 23.5 Å². The molecule has 1 aliphatic carbocycles. The minimum Gasteiger partial charge on any atom is -0.490 e. The molecule has 4 heteroatoms. The summed E-state index contributed by atoms with van der Waals surface area (Å²) >= 11 is 0. The van der Waals surface area contributed by atoms with Crippen LogP contribution in [-0.2, 0) is 14.3 Å². The lowest BCUT2D eigenvalue weighted by Crippen LogP contribution is -2.22. The maximum atomic E-state index is 11.9. The Morgan fingerprint density at radius 2 is 1.88 bits per heavy atom. The van der Waals surface area contributed by atoms with Gasteiger partial charge < -0.3 is 14.2 Å². The van der Waals surface area contributed by atoms with Crippen molar-refractivity contribution in [1.82, 2.24) is 0 Å². The van der Waals surface area contributed by atoms with E-state index in [2.05, 4.69) is 12.2 Å². The molecule has 0 N–H and O–H groups in total. The number of allylic oxidation sites excluding steroid dienone is 3. The van der Waals surface area contributed by atoms with Gasteiger partial charge in [-0.2, -0.15) is 0 Å². The Balaban J connectivity index is 1.63. The Labute approximate surface area is 153 Å². The number of esters is 1. The van der Waals surface area contributed by atoms with Gasteiger partial charge in [0.1, 0.15) is 30.8 Å². The van der Waals surface area contributed by atoms with Crippen LogP contribution in [0.4, 0.5) is 0 Å². The number of hydrogen-bond donors (Lipinski definition) is 0. The fraction of sp³-hybridized carbons (Fsp3) is 0.318. The summed E-state index contributed by atoms with van der Waals surface area (Å²) in [7, 11) is 0. The Morgan fingerprint density at radius 3 is 2.81 bits per heavy atom. The van der Waals surface area contributed by atoms with Gasteiger partial charge in [-0.1, -0.05) is 24.3 Å². The minimum atomic E-state index is -0.214. The van der Waals surface area contributed by atoms with E-state index in [9.17, 15) is 4.79 Å². The van der Waals surface area contributed by atoms with E-state index in [0.29, 0.717) is 19.6 Å². The number of carbonyl (C=O) groups excluding carboxylic acids is 1. The average Bonchev–Trinajstić information content (AvgIpc) is 3.03. The first-order valence-corrected chi connectivity index (χ1v) is 9.05. The predicted molar refractivity (Wildman–Crippen MR) is 99.4 cm³/mol. The van der Waals surface area contributed by atoms with E-state index in [1.54, 1.807) is 0 Å². The molecule has 2 aliphatic heterocycles. The molecule has 0 aromatic heterocycles. The number of benzene rings is 1. The Morgan fingerprint density at radius 1 is 1.00 bits per heavy atom. The van der Waals surface area contributed by atoms with E-state index >= 15 is 0 Å². The van der Waals surface area contributed by atoms with Crippen molar-refractivity contribution in [2.75, 3.05) is 13.2 Å². The molecule has 0 radical (unpaired) electrons. The zero-order valence-corrected chi connectivity index (χ0v) is 14.5. The molecule has 4 bridgehead atoms. The maximum absolute atomic E-state index is 11.9. The zero-order chi connectivity index (χ0) is 17.8. The van der Waals surface area contributed by atoms with Crippen LogP contribution in [0, 0.1) is 11.8 Å². The SMILES string of the molecule is O=C1C[C@@H]2C3C=C(C=CC3)OC/C=C/COc3cccc(c3)/C=C/[C@@H]2O1. The molecule has 0 saturated carbocycles. The smallest absolute Gasteiger partial charge is 0.306 e. The fourth-order valence-corrected chi connectivity index (χ4v) is 3.58. The first-order chi connectivity index (χ1) is 12.8. The summed E-state index contributed by atoms with van der Waals surface area (Å²) in [5.41, 5.74) is 1.03. The van der Waals surface area contributed by atoms with Crippen LogP contribution in [0.2, 0.25) is 0 Å². The van der Waals surface area contributed by atoms with Gasteiger partial charge in [0.2, 0.25) is 0 Å². The summed E-state index contributed by atoms with van der Waals surface area (Å²) in [6.07, 6.45) is 15.3. The van der Waals surface area contributed by atoms with Gasteiger partial charge in [-0.25, -0.2) is 0 Å². The van der Waals surface area contributed by atoms with Gasteiger partial charge >= 0.3 is 5.97 Å². The topological polar surface area (TPSA) is 44.8 Å². The lowest BCUT2D eigenvalue weighted by Gasteiger charge is -2.24. The molecule has 1 fully saturated rings. The summed E-state index contributed by atoms with van der Waals surface area (Å²) in [4.78, 5) is 11.9. The van der Waals surface area contributed by atoms with Gasteiger partial charge in [-0.15, -0.1) is 0 Å². The predicted octanol–water partition coefficient (Wildman–Crippen LogP) is 4.06. The Hall–Kier alpha value is -2.75. The molecule has 26 heavy (non-hydrogen) atoms. The van der Waals surface area contributed by atoms with Crippen LogP contribution in [0.3, 0.4) is 0 Å². The molecular weight excluding hydrogens is 328 g/mol. The van der Waals surface area contributed by atoms with Crippen LogP contribution < -0.4 is 4.74 Å². The normalized spacial score (nSPS) is 30.2. The standard InChI is InChI=1S/C22H22O4/c23-22-15-20-17-6-4-8-19(14-17)25-12-2-1-11-24-18-7-3-5-16(13-18)9-10-21(20)26-22/h1-5,7-10,13-14,17,20-21H,6,11-12,15H2/b2-1+,10-9+/t17?,20-,21+/m1/s1. The maximum Gasteiger partial charge on any atom is 0.306 e. The molecule has 0 amide bonds. The molecular formula is C22H22O4. The van der Waals surface area contributed by atoms with Gasteiger partial charge in [-0.3, -0.25) is 4.79 Å². The number of carbonyl (C=O) groups is 1. The van der Waals surface area contributed by atoms with Crippen molar-refractivity contribution in [2.24, 2.45) is 11.8 Å². The van der Waals surface area contributed by atoms with Gasteiger partial charge in [0.05, 0.1) is 6.42 Å². The van der Waals surface area contributed by atoms with Crippen molar-refractivity contribution in [3.05, 3.63) is 72.0 Å². The summed E-state index contributed by atoms with van der Waals surface area (Å²) in [6, 6.07) is 7.90. The van der Waals surface area contributed by atoms with Gasteiger partial charge in [-0.05, 0) is 60.4 Å². The number of rotatable bonds is 0. The van der Waals surface area contributed by atoms with Crippen LogP contribution in [0.5, 0.6) is 5.75 Å². The second kappa shape index (κ2) is 7.65. The van der Waals surface area contributed by atoms with Gasteiger partial charge in [0.15, 0.2) is 0 Å². The zero-order valence-electron chi connectivity index (χ0n) is 14.5. The molecule has 4 nitrogen and oxygen atoms in total. The van der Waals surface area contributed by atoms with Crippen molar-refractivity contribution < 1.29 is 19.0 Å². The molecule has 134 valence electrons. The summed E-state index contributed by atoms with van der Waals surface area (Å²) in [6.45, 7) is 0.992. The highest BCUT2D eigenvalue weighted by atomic mass is 16.5. The van der Waals surface area contributed by atoms with Crippen LogP contribution in [0.25, 0.3) is 6.08 Å². The lowest BCUT2D eigenvalue weighted by atomic mass is 9.82. The van der Waals surface area contributed by atoms with Crippen molar-refractivity contribution >= 4 is 12.0 Å². The summed E-state index contributed by atoms with van der Waals surface area (Å²) < 4.78 is 17.1. The number of hydrogen-bond acceptors (Lipinski definition) is 4. The second-order valence-corrected chi connectivity index (χ2v) is 6.72. The Bertz CT molecular complexity index is 787. The van der Waals surface area contributed by atoms with Crippen LogP contribution in [0.15, 0.2) is 66.5 Å². The third kappa shape index (κ3) is 3.90. The van der Waals surface area contributed by atoms with E-state index in [1.807, 2.05) is 54.6 Å². The van der Waals surface area contributed by atoms with Crippen molar-refractivity contribution in [1.29, 1.82) is 0 Å². The molecule has 1 aromatic rings. The van der Waals surface area contributed by atoms with E-state index in [4.69, 9.17) is 14.2 Å². The van der Waals surface area contributed by atoms with Crippen LogP contribution in [0.1, 0.15) is 18.4 Å². The highest BCUT2D eigenvalue weighted by molar-refractivity contribution is 5.73. The first-order valence-electron chi connectivity index (χ1n) is 9.05. The highest BCUT2D eigenvalue weighted by Crippen LogP contribution is 2.36. The monoisotopic (exact) mass is 350 g/mol.